The van der Waals surface area contributed by atoms with Crippen LogP contribution < -0.4 is 0 Å². The molecule has 5 aromatic rings. The van der Waals surface area contributed by atoms with Crippen molar-refractivity contribution in [2.24, 2.45) is 0 Å². The Morgan fingerprint density at radius 1 is 0.750 bits per heavy atom. The van der Waals surface area contributed by atoms with Crippen molar-refractivity contribution in [3.63, 3.8) is 0 Å². The molecule has 5 rings (SSSR count). The molecule has 0 aliphatic carbocycles. The maximum absolute atomic E-state index is 12.6. The van der Waals surface area contributed by atoms with Gasteiger partial charge in [0.1, 0.15) is 5.82 Å². The van der Waals surface area contributed by atoms with E-state index in [1.165, 1.54) is 5.39 Å². The average Bonchev–Trinajstić information content (AvgIpc) is 3.34. The second-order valence-corrected chi connectivity index (χ2v) is 6.69. The summed E-state index contributed by atoms with van der Waals surface area (Å²) in [6, 6.07) is 25.1. The molecule has 2 N–H and O–H groups in total. The van der Waals surface area contributed by atoms with E-state index in [1.807, 2.05) is 72.8 Å². The Balaban J connectivity index is 1.44. The number of carbonyl (C=O) groups excluding carboxylic acids is 1. The number of benzene rings is 3. The summed E-state index contributed by atoms with van der Waals surface area (Å²) in [5, 5.41) is 1.18. The summed E-state index contributed by atoms with van der Waals surface area (Å²) in [5.41, 5.74) is 5.13. The molecule has 0 bridgehead atoms. The molecular weight excluding hydrogens is 346 g/mol. The van der Waals surface area contributed by atoms with Crippen molar-refractivity contribution < 1.29 is 4.79 Å². The summed E-state index contributed by atoms with van der Waals surface area (Å²) < 4.78 is 0. The van der Waals surface area contributed by atoms with Crippen molar-refractivity contribution in [2.75, 3.05) is 0 Å². The predicted molar refractivity (Wildman–Crippen MR) is 113 cm³/mol. The van der Waals surface area contributed by atoms with Gasteiger partial charge in [0, 0.05) is 22.3 Å². The fourth-order valence-electron chi connectivity index (χ4n) is 3.36. The lowest BCUT2D eigenvalue weighted by Gasteiger charge is -2.00. The molecule has 134 valence electrons. The van der Waals surface area contributed by atoms with Crippen LogP contribution in [-0.4, -0.2) is 20.7 Å². The summed E-state index contributed by atoms with van der Waals surface area (Å²) in [6.45, 7) is 0. The highest BCUT2D eigenvalue weighted by Gasteiger charge is 2.10. The largest absolute Gasteiger partial charge is 0.355 e. The number of aromatic amines is 2. The van der Waals surface area contributed by atoms with Crippen LogP contribution in [0.25, 0.3) is 34.1 Å². The Bertz CT molecular complexity index is 1290. The van der Waals surface area contributed by atoms with E-state index in [1.54, 1.807) is 0 Å². The van der Waals surface area contributed by atoms with E-state index in [0.29, 0.717) is 11.1 Å². The first-order chi connectivity index (χ1) is 13.8. The lowest BCUT2D eigenvalue weighted by Crippen LogP contribution is -2.00. The Hall–Kier alpha value is -3.92. The lowest BCUT2D eigenvalue weighted by atomic mass is 10.0. The predicted octanol–water partition coefficient (Wildman–Crippen LogP) is 5.45. The third kappa shape index (κ3) is 3.01. The minimum absolute atomic E-state index is 0.00673. The quantitative estimate of drug-likeness (QED) is 0.417. The van der Waals surface area contributed by atoms with Gasteiger partial charge in [-0.3, -0.25) is 4.79 Å². The fourth-order valence-corrected chi connectivity index (χ4v) is 3.36. The molecule has 0 spiro atoms. The number of nitrogens with zero attached hydrogens (tertiary/aromatic N) is 1. The number of hydrogen-bond donors (Lipinski definition) is 2. The highest BCUT2D eigenvalue weighted by molar-refractivity contribution is 6.10. The lowest BCUT2D eigenvalue weighted by molar-refractivity contribution is 0.103. The number of ketones is 1. The van der Waals surface area contributed by atoms with Crippen LogP contribution in [0, 0.1) is 0 Å². The number of rotatable bonds is 4. The Morgan fingerprint density at radius 2 is 1.57 bits per heavy atom. The summed E-state index contributed by atoms with van der Waals surface area (Å²) >= 11 is 0. The molecule has 0 aliphatic rings. The average molecular weight is 363 g/mol. The van der Waals surface area contributed by atoms with Crippen LogP contribution in [-0.2, 0) is 0 Å². The molecule has 2 aromatic heterocycles. The number of hydrogen-bond acceptors (Lipinski definition) is 2. The Kier molecular flexibility index (Phi) is 3.87. The van der Waals surface area contributed by atoms with E-state index in [-0.39, 0.29) is 5.78 Å². The molecule has 0 fully saturated rings. The van der Waals surface area contributed by atoms with Gasteiger partial charge in [-0.1, -0.05) is 48.5 Å². The SMILES string of the molecule is O=C(c1ccccc1)c1ccc2nc(/C=C/c3cc4ccccc4[nH]3)[nH]c2c1. The van der Waals surface area contributed by atoms with Crippen molar-refractivity contribution in [1.29, 1.82) is 0 Å². The normalized spacial score (nSPS) is 11.6. The van der Waals surface area contributed by atoms with E-state index in [2.05, 4.69) is 33.2 Å². The smallest absolute Gasteiger partial charge is 0.193 e. The van der Waals surface area contributed by atoms with Gasteiger partial charge in [-0.05, 0) is 47.9 Å². The summed E-state index contributed by atoms with van der Waals surface area (Å²) in [5.74, 6) is 0.755. The van der Waals surface area contributed by atoms with Gasteiger partial charge in [-0.2, -0.15) is 0 Å². The molecular formula is C24H17N3O. The summed E-state index contributed by atoms with van der Waals surface area (Å²) in [4.78, 5) is 23.9. The Labute approximate surface area is 161 Å². The molecule has 0 aliphatic heterocycles. The zero-order valence-corrected chi connectivity index (χ0v) is 15.0. The second kappa shape index (κ2) is 6.67. The van der Waals surface area contributed by atoms with Crippen molar-refractivity contribution in [3.05, 3.63) is 102 Å². The van der Waals surface area contributed by atoms with Crippen molar-refractivity contribution in [2.45, 2.75) is 0 Å². The third-order valence-electron chi connectivity index (χ3n) is 4.77. The van der Waals surface area contributed by atoms with Gasteiger partial charge >= 0.3 is 0 Å². The van der Waals surface area contributed by atoms with Crippen molar-refractivity contribution in [1.82, 2.24) is 15.0 Å². The summed E-state index contributed by atoms with van der Waals surface area (Å²) in [7, 11) is 0. The summed E-state index contributed by atoms with van der Waals surface area (Å²) in [6.07, 6.45) is 3.93. The van der Waals surface area contributed by atoms with Crippen LogP contribution in [0.2, 0.25) is 0 Å². The number of fused-ring (bicyclic) bond motifs is 2. The molecule has 0 amide bonds. The molecule has 0 radical (unpaired) electrons. The van der Waals surface area contributed by atoms with Gasteiger partial charge in [-0.25, -0.2) is 4.98 Å². The molecule has 0 saturated carbocycles. The topological polar surface area (TPSA) is 61.5 Å². The van der Waals surface area contributed by atoms with Crippen LogP contribution in [0.4, 0.5) is 0 Å². The third-order valence-corrected chi connectivity index (χ3v) is 4.77. The first-order valence-electron chi connectivity index (χ1n) is 9.12. The number of nitrogens with one attached hydrogen (secondary N) is 2. The zero-order valence-electron chi connectivity index (χ0n) is 15.0. The number of carbonyl (C=O) groups is 1. The van der Waals surface area contributed by atoms with Gasteiger partial charge < -0.3 is 9.97 Å². The maximum Gasteiger partial charge on any atom is 0.193 e. The van der Waals surface area contributed by atoms with E-state index in [4.69, 9.17) is 0 Å². The first-order valence-corrected chi connectivity index (χ1v) is 9.12. The fraction of sp³-hybridized carbons (Fsp3) is 0. The van der Waals surface area contributed by atoms with Gasteiger partial charge in [0.25, 0.3) is 0 Å². The van der Waals surface area contributed by atoms with E-state index in [0.717, 1.165) is 28.1 Å². The molecule has 4 nitrogen and oxygen atoms in total. The standard InChI is InChI=1S/C24H17N3O/c28-24(16-6-2-1-3-7-16)18-10-12-21-22(15-18)27-23(26-21)13-11-19-14-17-8-4-5-9-20(17)25-19/h1-15,25H,(H,26,27)/b13-11+. The minimum atomic E-state index is 0.00673. The van der Waals surface area contributed by atoms with Crippen LogP contribution in [0.5, 0.6) is 0 Å². The van der Waals surface area contributed by atoms with Crippen LogP contribution in [0.3, 0.4) is 0 Å². The molecule has 4 heteroatoms. The minimum Gasteiger partial charge on any atom is -0.355 e. The van der Waals surface area contributed by atoms with Gasteiger partial charge in [-0.15, -0.1) is 0 Å². The molecule has 28 heavy (non-hydrogen) atoms. The first kappa shape index (κ1) is 16.3. The van der Waals surface area contributed by atoms with Crippen LogP contribution in [0.1, 0.15) is 27.4 Å². The molecule has 3 aromatic carbocycles. The molecule has 0 unspecified atom stereocenters. The van der Waals surface area contributed by atoms with Gasteiger partial charge in [0.2, 0.25) is 0 Å². The maximum atomic E-state index is 12.6. The second-order valence-electron chi connectivity index (χ2n) is 6.69. The highest BCUT2D eigenvalue weighted by Crippen LogP contribution is 2.19. The monoisotopic (exact) mass is 363 g/mol. The van der Waals surface area contributed by atoms with Crippen molar-refractivity contribution in [3.8, 4) is 0 Å². The molecule has 0 saturated heterocycles. The van der Waals surface area contributed by atoms with E-state index < -0.39 is 0 Å². The number of aromatic nitrogens is 3. The number of H-pyrrole nitrogens is 2. The number of para-hydroxylation sites is 1. The van der Waals surface area contributed by atoms with Crippen molar-refractivity contribution >= 4 is 39.9 Å². The van der Waals surface area contributed by atoms with Gasteiger partial charge in [0.05, 0.1) is 11.0 Å². The van der Waals surface area contributed by atoms with Crippen LogP contribution in [0.15, 0.2) is 78.9 Å². The highest BCUT2D eigenvalue weighted by atomic mass is 16.1. The molecule has 0 atom stereocenters. The Morgan fingerprint density at radius 3 is 2.43 bits per heavy atom. The number of imidazole rings is 1. The van der Waals surface area contributed by atoms with E-state index >= 15 is 0 Å². The van der Waals surface area contributed by atoms with E-state index in [9.17, 15) is 4.79 Å². The van der Waals surface area contributed by atoms with Gasteiger partial charge in [0.15, 0.2) is 5.78 Å². The van der Waals surface area contributed by atoms with Crippen LogP contribution >= 0.6 is 0 Å². The molecule has 2 heterocycles. The zero-order chi connectivity index (χ0) is 18.9.